The van der Waals surface area contributed by atoms with Crippen LogP contribution in [0.25, 0.3) is 5.69 Å². The minimum absolute atomic E-state index is 0.0157. The zero-order chi connectivity index (χ0) is 25.4. The number of ketones is 1. The lowest BCUT2D eigenvalue weighted by Gasteiger charge is -2.23. The van der Waals surface area contributed by atoms with E-state index in [1.54, 1.807) is 30.1 Å². The van der Waals surface area contributed by atoms with E-state index in [2.05, 4.69) is 10.3 Å². The number of nitrogens with zero attached hydrogens (tertiary/aromatic N) is 5. The van der Waals surface area contributed by atoms with Crippen molar-refractivity contribution in [2.75, 3.05) is 32.3 Å². The van der Waals surface area contributed by atoms with Crippen LogP contribution < -0.4 is 9.64 Å². The Hall–Kier alpha value is -3.61. The van der Waals surface area contributed by atoms with Crippen LogP contribution in [0.1, 0.15) is 28.9 Å². The zero-order valence-corrected chi connectivity index (χ0v) is 20.6. The van der Waals surface area contributed by atoms with Crippen molar-refractivity contribution >= 4 is 27.4 Å². The fourth-order valence-corrected chi connectivity index (χ4v) is 6.32. The molecule has 3 aromatic rings. The number of Topliss-reactive ketones (excluding diaryl/α,β-unsaturated/α-hetero) is 1. The Bertz CT molecular complexity index is 1420. The molecule has 2 aliphatic rings. The number of rotatable bonds is 8. The first-order valence-electron chi connectivity index (χ1n) is 11.4. The molecule has 12 heteroatoms. The van der Waals surface area contributed by atoms with Crippen LogP contribution in [0, 0.1) is 0 Å². The number of benzene rings is 2. The summed E-state index contributed by atoms with van der Waals surface area (Å²) in [5, 5.41) is 8.23. The molecule has 1 amide bonds. The average Bonchev–Trinajstić information content (AvgIpc) is 3.61. The van der Waals surface area contributed by atoms with E-state index in [4.69, 9.17) is 9.47 Å². The van der Waals surface area contributed by atoms with E-state index < -0.39 is 21.7 Å². The third-order valence-electron chi connectivity index (χ3n) is 6.43. The van der Waals surface area contributed by atoms with Gasteiger partial charge in [-0.1, -0.05) is 5.21 Å². The van der Waals surface area contributed by atoms with Crippen molar-refractivity contribution in [3.8, 4) is 11.4 Å². The normalized spacial score (nSPS) is 18.2. The smallest absolute Gasteiger partial charge is 0.299 e. The van der Waals surface area contributed by atoms with E-state index in [0.29, 0.717) is 36.7 Å². The highest BCUT2D eigenvalue weighted by molar-refractivity contribution is 7.89. The summed E-state index contributed by atoms with van der Waals surface area (Å²) >= 11 is 0. The van der Waals surface area contributed by atoms with Gasteiger partial charge in [-0.05, 0) is 55.3 Å². The predicted molar refractivity (Wildman–Crippen MR) is 129 cm³/mol. The van der Waals surface area contributed by atoms with Crippen LogP contribution in [0.15, 0.2) is 53.6 Å². The summed E-state index contributed by atoms with van der Waals surface area (Å²) in [6, 6.07) is 11.2. The fraction of sp³-hybridized carbons (Fsp3) is 0.333. The monoisotopic (exact) mass is 511 g/mol. The van der Waals surface area contributed by atoms with Crippen molar-refractivity contribution in [2.24, 2.45) is 0 Å². The molecule has 0 radical (unpaired) electrons. The molecule has 5 rings (SSSR count). The number of hydrogen-bond donors (Lipinski definition) is 0. The molecule has 2 aromatic carbocycles. The molecule has 0 N–H and O–H groups in total. The van der Waals surface area contributed by atoms with E-state index >= 15 is 0 Å². The molecule has 0 spiro atoms. The van der Waals surface area contributed by atoms with Crippen molar-refractivity contribution in [2.45, 2.75) is 30.3 Å². The van der Waals surface area contributed by atoms with Gasteiger partial charge in [-0.2, -0.15) is 4.31 Å². The summed E-state index contributed by atoms with van der Waals surface area (Å²) in [4.78, 5) is 26.9. The standard InChI is InChI=1S/C24H25N5O6S/c1-34-15-18-4-3-11-29(18)36(32,33)20-9-10-22-21(12-20)23(30)24(31)27(22)13-16-14-28(26-25-16)17-5-7-19(35-2)8-6-17/h5-10,12,14,18H,3-4,11,13,15H2,1-2H3/t18-/m0/s1. The molecule has 1 fully saturated rings. The molecule has 0 saturated carbocycles. The van der Waals surface area contributed by atoms with Gasteiger partial charge in [0.05, 0.1) is 48.3 Å². The van der Waals surface area contributed by atoms with Crippen molar-refractivity contribution in [1.29, 1.82) is 0 Å². The Kier molecular flexibility index (Phi) is 6.33. The SMILES string of the molecule is COC[C@@H]1CCCN1S(=O)(=O)c1ccc2c(c1)C(=O)C(=O)N2Cc1cn(-c2ccc(OC)cc2)nn1. The van der Waals surface area contributed by atoms with Gasteiger partial charge in [-0.3, -0.25) is 14.5 Å². The maximum absolute atomic E-state index is 13.3. The van der Waals surface area contributed by atoms with Crippen LogP contribution >= 0.6 is 0 Å². The van der Waals surface area contributed by atoms with E-state index in [1.165, 1.54) is 34.5 Å². The van der Waals surface area contributed by atoms with Gasteiger partial charge < -0.3 is 9.47 Å². The molecule has 1 saturated heterocycles. The fourth-order valence-electron chi connectivity index (χ4n) is 4.61. The van der Waals surface area contributed by atoms with Crippen molar-refractivity contribution in [3.63, 3.8) is 0 Å². The van der Waals surface area contributed by atoms with Gasteiger partial charge in [0.1, 0.15) is 11.4 Å². The molecule has 0 unspecified atom stereocenters. The average molecular weight is 512 g/mol. The molecular formula is C24H25N5O6S. The van der Waals surface area contributed by atoms with E-state index in [9.17, 15) is 18.0 Å². The van der Waals surface area contributed by atoms with E-state index in [0.717, 1.165) is 12.1 Å². The predicted octanol–water partition coefficient (Wildman–Crippen LogP) is 1.80. The number of fused-ring (bicyclic) bond motifs is 1. The number of anilines is 1. The molecule has 3 heterocycles. The van der Waals surface area contributed by atoms with Crippen LogP contribution in [-0.2, 0) is 26.1 Å². The second-order valence-corrected chi connectivity index (χ2v) is 10.5. The van der Waals surface area contributed by atoms with Crippen molar-refractivity contribution in [1.82, 2.24) is 19.3 Å². The summed E-state index contributed by atoms with van der Waals surface area (Å²) in [7, 11) is -0.729. The molecule has 0 bridgehead atoms. The quantitative estimate of drug-likeness (QED) is 0.420. The number of aromatic nitrogens is 3. The lowest BCUT2D eigenvalue weighted by Crippen LogP contribution is -2.38. The first-order valence-corrected chi connectivity index (χ1v) is 12.8. The number of carbonyl (C=O) groups excluding carboxylic acids is 2. The first kappa shape index (κ1) is 24.1. The van der Waals surface area contributed by atoms with Gasteiger partial charge in [0, 0.05) is 19.7 Å². The van der Waals surface area contributed by atoms with Crippen molar-refractivity contribution < 1.29 is 27.5 Å². The van der Waals surface area contributed by atoms with Gasteiger partial charge in [-0.25, -0.2) is 13.1 Å². The summed E-state index contributed by atoms with van der Waals surface area (Å²) in [5.41, 5.74) is 1.63. The highest BCUT2D eigenvalue weighted by Gasteiger charge is 2.40. The molecule has 36 heavy (non-hydrogen) atoms. The summed E-state index contributed by atoms with van der Waals surface area (Å²) in [6.45, 7) is 0.699. The third-order valence-corrected chi connectivity index (χ3v) is 8.38. The molecule has 1 atom stereocenters. The second kappa shape index (κ2) is 9.45. The second-order valence-electron chi connectivity index (χ2n) is 8.62. The van der Waals surface area contributed by atoms with Gasteiger partial charge in [0.25, 0.3) is 11.7 Å². The summed E-state index contributed by atoms with van der Waals surface area (Å²) in [5.74, 6) is -0.784. The Morgan fingerprint density at radius 1 is 1.08 bits per heavy atom. The van der Waals surface area contributed by atoms with Crippen LogP contribution in [0.3, 0.4) is 0 Å². The van der Waals surface area contributed by atoms with E-state index in [-0.39, 0.29) is 23.0 Å². The molecular weight excluding hydrogens is 486 g/mol. The molecule has 188 valence electrons. The van der Waals surface area contributed by atoms with Crippen LogP contribution in [0.2, 0.25) is 0 Å². The minimum Gasteiger partial charge on any atom is -0.497 e. The number of ether oxygens (including phenoxy) is 2. The van der Waals surface area contributed by atoms with Gasteiger partial charge in [0.15, 0.2) is 0 Å². The lowest BCUT2D eigenvalue weighted by molar-refractivity contribution is -0.114. The topological polar surface area (TPSA) is 124 Å². The molecule has 1 aromatic heterocycles. The Balaban J connectivity index is 1.39. The number of sulfonamides is 1. The van der Waals surface area contributed by atoms with Gasteiger partial charge in [0.2, 0.25) is 10.0 Å². The Morgan fingerprint density at radius 3 is 2.58 bits per heavy atom. The highest BCUT2D eigenvalue weighted by atomic mass is 32.2. The number of amides is 1. The van der Waals surface area contributed by atoms with Crippen LogP contribution in [0.4, 0.5) is 5.69 Å². The molecule has 2 aliphatic heterocycles. The highest BCUT2D eigenvalue weighted by Crippen LogP contribution is 2.34. The molecule has 11 nitrogen and oxygen atoms in total. The number of carbonyl (C=O) groups is 2. The minimum atomic E-state index is -3.84. The first-order chi connectivity index (χ1) is 17.3. The van der Waals surface area contributed by atoms with Crippen molar-refractivity contribution in [3.05, 3.63) is 59.9 Å². The Morgan fingerprint density at radius 2 is 1.86 bits per heavy atom. The zero-order valence-electron chi connectivity index (χ0n) is 19.8. The summed E-state index contributed by atoms with van der Waals surface area (Å²) < 4.78 is 39.9. The third kappa shape index (κ3) is 4.16. The maximum atomic E-state index is 13.3. The number of methoxy groups -OCH3 is 2. The van der Waals surface area contributed by atoms with E-state index in [1.807, 2.05) is 12.1 Å². The maximum Gasteiger partial charge on any atom is 0.299 e. The largest absolute Gasteiger partial charge is 0.497 e. The van der Waals surface area contributed by atoms with Crippen LogP contribution in [-0.4, -0.2) is 72.8 Å². The summed E-state index contributed by atoms with van der Waals surface area (Å²) in [6.07, 6.45) is 3.11. The molecule has 0 aliphatic carbocycles. The number of hydrogen-bond acceptors (Lipinski definition) is 8. The van der Waals surface area contributed by atoms with Gasteiger partial charge >= 0.3 is 0 Å². The lowest BCUT2D eigenvalue weighted by atomic mass is 10.1. The van der Waals surface area contributed by atoms with Gasteiger partial charge in [-0.15, -0.1) is 5.10 Å². The van der Waals surface area contributed by atoms with Crippen LogP contribution in [0.5, 0.6) is 5.75 Å². The Labute approximate surface area is 208 Å².